The fraction of sp³-hybridized carbons (Fsp3) is 0.655. The Bertz CT molecular complexity index is 1060. The number of amides is 4. The minimum absolute atomic E-state index is 0.0611. The number of likely N-dealkylation sites (N-methyl/N-ethyl adjacent to an activating group) is 1. The molecule has 4 amide bonds. The van der Waals surface area contributed by atoms with Crippen LogP contribution in [0, 0.1) is 0 Å². The lowest BCUT2D eigenvalue weighted by Gasteiger charge is -2.30. The highest BCUT2D eigenvalue weighted by atomic mass is 32.2. The third-order valence-corrected chi connectivity index (χ3v) is 8.41. The highest BCUT2D eigenvalue weighted by Gasteiger charge is 2.41. The van der Waals surface area contributed by atoms with E-state index in [4.69, 9.17) is 10.5 Å². The highest BCUT2D eigenvalue weighted by Crippen LogP contribution is 2.32. The van der Waals surface area contributed by atoms with E-state index in [1.54, 1.807) is 32.6 Å². The molecule has 4 N–H and O–H groups in total. The first-order valence-corrected chi connectivity index (χ1v) is 15.2. The molecule has 10 nitrogen and oxygen atoms in total. The van der Waals surface area contributed by atoms with Crippen molar-refractivity contribution < 1.29 is 23.9 Å². The largest absolute Gasteiger partial charge is 0.444 e. The van der Waals surface area contributed by atoms with Gasteiger partial charge in [0.15, 0.2) is 0 Å². The van der Waals surface area contributed by atoms with E-state index in [1.165, 1.54) is 29.3 Å². The van der Waals surface area contributed by atoms with Gasteiger partial charge in [0.1, 0.15) is 17.7 Å². The van der Waals surface area contributed by atoms with Crippen molar-refractivity contribution in [3.8, 4) is 0 Å². The molecule has 222 valence electrons. The van der Waals surface area contributed by atoms with Gasteiger partial charge in [-0.2, -0.15) is 0 Å². The summed E-state index contributed by atoms with van der Waals surface area (Å²) in [6.07, 6.45) is 4.74. The number of fused-ring (bicyclic) bond motifs is 1. The molecule has 1 saturated heterocycles. The van der Waals surface area contributed by atoms with Crippen LogP contribution in [0.2, 0.25) is 0 Å². The van der Waals surface area contributed by atoms with Gasteiger partial charge in [-0.1, -0.05) is 30.7 Å². The third-order valence-electron chi connectivity index (χ3n) is 7.34. The number of hydrogen-bond donors (Lipinski definition) is 3. The molecule has 4 unspecified atom stereocenters. The number of ether oxygens (including phenoxy) is 1. The van der Waals surface area contributed by atoms with E-state index >= 15 is 0 Å². The normalized spacial score (nSPS) is 21.2. The van der Waals surface area contributed by atoms with Gasteiger partial charge in [-0.25, -0.2) is 4.79 Å². The maximum atomic E-state index is 13.3. The van der Waals surface area contributed by atoms with Crippen molar-refractivity contribution in [1.82, 2.24) is 20.4 Å². The van der Waals surface area contributed by atoms with Crippen molar-refractivity contribution in [1.29, 1.82) is 0 Å². The Kier molecular flexibility index (Phi) is 11.3. The Morgan fingerprint density at radius 2 is 1.90 bits per heavy atom. The van der Waals surface area contributed by atoms with E-state index in [1.807, 2.05) is 12.1 Å². The van der Waals surface area contributed by atoms with E-state index in [9.17, 15) is 19.2 Å². The summed E-state index contributed by atoms with van der Waals surface area (Å²) in [4.78, 5) is 53.8. The van der Waals surface area contributed by atoms with Crippen LogP contribution in [0.3, 0.4) is 0 Å². The number of carbonyl (C=O) groups excluding carboxylic acids is 4. The summed E-state index contributed by atoms with van der Waals surface area (Å²) in [5, 5.41) is 5.54. The lowest BCUT2D eigenvalue weighted by molar-refractivity contribution is -0.139. The monoisotopic (exact) mass is 575 g/mol. The molecule has 0 saturated carbocycles. The lowest BCUT2D eigenvalue weighted by Crippen LogP contribution is -2.53. The molecule has 40 heavy (non-hydrogen) atoms. The summed E-state index contributed by atoms with van der Waals surface area (Å²) in [6, 6.07) is 6.77. The molecule has 1 aromatic rings. The molecule has 1 fully saturated rings. The van der Waals surface area contributed by atoms with Crippen LogP contribution < -0.4 is 16.4 Å². The minimum atomic E-state index is -0.686. The molecule has 4 atom stereocenters. The predicted molar refractivity (Wildman–Crippen MR) is 156 cm³/mol. The van der Waals surface area contributed by atoms with Crippen molar-refractivity contribution in [3.05, 3.63) is 35.4 Å². The maximum Gasteiger partial charge on any atom is 0.410 e. The van der Waals surface area contributed by atoms with Gasteiger partial charge in [0.05, 0.1) is 17.3 Å². The molecule has 1 aliphatic carbocycles. The molecule has 2 aliphatic rings. The molecule has 11 heteroatoms. The molecule has 0 aromatic heterocycles. The number of rotatable bonds is 10. The number of nitrogens with one attached hydrogen (secondary N) is 2. The SMILES string of the molecule is CC(C(=O)NCCCCCC(=O)N1CSC(N)C1C(=O)NC1CCCc2ccccc21)N(C)C(=O)OC(C)(C)C. The maximum absolute atomic E-state index is 13.3. The van der Waals surface area contributed by atoms with Crippen molar-refractivity contribution in [2.45, 2.75) is 102 Å². The molecule has 0 radical (unpaired) electrons. The first kappa shape index (κ1) is 31.7. The van der Waals surface area contributed by atoms with Crippen molar-refractivity contribution >= 4 is 35.6 Å². The number of thioether (sulfide) groups is 1. The van der Waals surface area contributed by atoms with Gasteiger partial charge < -0.3 is 26.0 Å². The zero-order valence-corrected chi connectivity index (χ0v) is 25.2. The number of benzene rings is 1. The van der Waals surface area contributed by atoms with Crippen molar-refractivity contribution in [3.63, 3.8) is 0 Å². The molecular weight excluding hydrogens is 530 g/mol. The van der Waals surface area contributed by atoms with Gasteiger partial charge in [-0.05, 0) is 70.9 Å². The zero-order chi connectivity index (χ0) is 29.4. The van der Waals surface area contributed by atoms with Crippen molar-refractivity contribution in [2.24, 2.45) is 5.73 Å². The Morgan fingerprint density at radius 1 is 1.18 bits per heavy atom. The fourth-order valence-corrected chi connectivity index (χ4v) is 6.03. The molecule has 1 heterocycles. The minimum Gasteiger partial charge on any atom is -0.444 e. The second-order valence-electron chi connectivity index (χ2n) is 11.6. The van der Waals surface area contributed by atoms with Gasteiger partial charge in [-0.3, -0.25) is 19.3 Å². The molecular formula is C29H45N5O5S. The molecule has 0 spiro atoms. The van der Waals surface area contributed by atoms with Crippen LogP contribution in [0.15, 0.2) is 24.3 Å². The number of aryl methyl sites for hydroxylation is 1. The van der Waals surface area contributed by atoms with Gasteiger partial charge in [0.2, 0.25) is 17.7 Å². The first-order valence-electron chi connectivity index (χ1n) is 14.2. The number of unbranched alkanes of at least 4 members (excludes halogenated alkanes) is 2. The van der Waals surface area contributed by atoms with E-state index in [0.717, 1.165) is 31.2 Å². The summed E-state index contributed by atoms with van der Waals surface area (Å²) in [5.74, 6) is -0.137. The van der Waals surface area contributed by atoms with Gasteiger partial charge in [0, 0.05) is 20.0 Å². The van der Waals surface area contributed by atoms with Crippen LogP contribution in [0.25, 0.3) is 0 Å². The summed E-state index contributed by atoms with van der Waals surface area (Å²) in [5.41, 5.74) is 8.04. The topological polar surface area (TPSA) is 134 Å². The fourth-order valence-electron chi connectivity index (χ4n) is 4.94. The summed E-state index contributed by atoms with van der Waals surface area (Å²) in [7, 11) is 1.54. The predicted octanol–water partition coefficient (Wildman–Crippen LogP) is 3.30. The quantitative estimate of drug-likeness (QED) is 0.365. The standard InChI is InChI=1S/C29H45N5O5S/c1-19(33(5)28(38)39-29(2,3)4)26(36)31-17-10-6-7-16-23(35)34-18-40-25(30)24(34)27(37)32-22-15-11-13-20-12-8-9-14-21(20)22/h8-9,12,14,19,22,24-25H,6-7,10-11,13,15-18,30H2,1-5H3,(H,31,36)(H,32,37). The van der Waals surface area contributed by atoms with E-state index in [2.05, 4.69) is 22.8 Å². The molecule has 3 rings (SSSR count). The van der Waals surface area contributed by atoms with Gasteiger partial charge in [0.25, 0.3) is 0 Å². The number of nitrogens with zero attached hydrogens (tertiary/aromatic N) is 2. The Balaban J connectivity index is 1.39. The van der Waals surface area contributed by atoms with E-state index < -0.39 is 29.2 Å². The van der Waals surface area contributed by atoms with Crippen LogP contribution >= 0.6 is 11.8 Å². The summed E-state index contributed by atoms with van der Waals surface area (Å²) >= 11 is 1.42. The Hall–Kier alpha value is -2.79. The van der Waals surface area contributed by atoms with Gasteiger partial charge in [-0.15, -0.1) is 11.8 Å². The van der Waals surface area contributed by atoms with Crippen molar-refractivity contribution in [2.75, 3.05) is 19.5 Å². The van der Waals surface area contributed by atoms with Crippen LogP contribution in [-0.2, 0) is 25.5 Å². The Labute approximate surface area is 242 Å². The lowest BCUT2D eigenvalue weighted by atomic mass is 9.87. The average molecular weight is 576 g/mol. The number of carbonyl (C=O) groups is 4. The van der Waals surface area contributed by atoms with E-state index in [0.29, 0.717) is 31.7 Å². The van der Waals surface area contributed by atoms with Crippen LogP contribution in [-0.4, -0.2) is 76.1 Å². The summed E-state index contributed by atoms with van der Waals surface area (Å²) in [6.45, 7) is 7.42. The smallest absolute Gasteiger partial charge is 0.410 e. The van der Waals surface area contributed by atoms with Crippen LogP contribution in [0.5, 0.6) is 0 Å². The van der Waals surface area contributed by atoms with Gasteiger partial charge >= 0.3 is 6.09 Å². The Morgan fingerprint density at radius 3 is 2.62 bits per heavy atom. The zero-order valence-electron chi connectivity index (χ0n) is 24.4. The first-order chi connectivity index (χ1) is 18.9. The second kappa shape index (κ2) is 14.2. The highest BCUT2D eigenvalue weighted by molar-refractivity contribution is 8.00. The number of nitrogens with two attached hydrogens (primary N) is 1. The molecule has 1 aromatic carbocycles. The number of hydrogen-bond acceptors (Lipinski definition) is 7. The molecule has 0 bridgehead atoms. The summed E-state index contributed by atoms with van der Waals surface area (Å²) < 4.78 is 5.31. The third kappa shape index (κ3) is 8.60. The van der Waals surface area contributed by atoms with Crippen LogP contribution in [0.4, 0.5) is 4.79 Å². The average Bonchev–Trinajstić information content (AvgIpc) is 3.30. The van der Waals surface area contributed by atoms with E-state index in [-0.39, 0.29) is 23.8 Å². The molecule has 1 aliphatic heterocycles. The second-order valence-corrected chi connectivity index (χ2v) is 12.7. The van der Waals surface area contributed by atoms with Crippen LogP contribution in [0.1, 0.15) is 83.4 Å².